The fourth-order valence-corrected chi connectivity index (χ4v) is 5.08. The van der Waals surface area contributed by atoms with E-state index in [0.717, 1.165) is 0 Å². The first-order chi connectivity index (χ1) is 15.9. The van der Waals surface area contributed by atoms with Gasteiger partial charge < -0.3 is 19.7 Å². The Morgan fingerprint density at radius 1 is 1.18 bits per heavy atom. The van der Waals surface area contributed by atoms with Crippen LogP contribution in [0.25, 0.3) is 0 Å². The quantitative estimate of drug-likeness (QED) is 0.613. The van der Waals surface area contributed by atoms with Crippen LogP contribution in [0.5, 0.6) is 11.5 Å². The van der Waals surface area contributed by atoms with Gasteiger partial charge in [-0.1, -0.05) is 0 Å². The number of alkyl halides is 3. The number of aliphatic hydroxyl groups excluding tert-OH is 1. The Balaban J connectivity index is 1.98. The summed E-state index contributed by atoms with van der Waals surface area (Å²) in [6.45, 7) is -2.09. The molecule has 1 aliphatic rings. The molecule has 0 radical (unpaired) electrons. The minimum atomic E-state index is -4.78. The Bertz CT molecular complexity index is 1290. The van der Waals surface area contributed by atoms with Gasteiger partial charge in [-0.2, -0.15) is 28.0 Å². The van der Waals surface area contributed by atoms with Crippen molar-refractivity contribution in [3.05, 3.63) is 53.1 Å². The Kier molecular flexibility index (Phi) is 6.78. The maximum absolute atomic E-state index is 13.2. The maximum Gasteiger partial charge on any atom is 0.416 e. The highest BCUT2D eigenvalue weighted by molar-refractivity contribution is 7.89. The van der Waals surface area contributed by atoms with Gasteiger partial charge in [0.05, 0.1) is 47.9 Å². The van der Waals surface area contributed by atoms with Crippen LogP contribution in [0.15, 0.2) is 41.3 Å². The predicted octanol–water partition coefficient (Wildman–Crippen LogP) is 1.63. The zero-order valence-electron chi connectivity index (χ0n) is 17.6. The summed E-state index contributed by atoms with van der Waals surface area (Å²) in [5, 5.41) is 39.0. The molecule has 1 aliphatic heterocycles. The Morgan fingerprint density at radius 2 is 1.88 bits per heavy atom. The first-order valence-corrected chi connectivity index (χ1v) is 11.0. The monoisotopic (exact) mass is 497 g/mol. The molecule has 1 saturated heterocycles. The van der Waals surface area contributed by atoms with E-state index in [1.165, 1.54) is 31.4 Å². The highest BCUT2D eigenvalue weighted by Crippen LogP contribution is 2.36. The Morgan fingerprint density at radius 3 is 2.44 bits per heavy atom. The lowest BCUT2D eigenvalue weighted by molar-refractivity contribution is -0.137. The molecule has 1 heterocycles. The highest BCUT2D eigenvalue weighted by atomic mass is 32.2. The summed E-state index contributed by atoms with van der Waals surface area (Å²) >= 11 is 0. The number of ether oxygens (including phenoxy) is 2. The van der Waals surface area contributed by atoms with E-state index in [2.05, 4.69) is 0 Å². The van der Waals surface area contributed by atoms with Crippen molar-refractivity contribution in [3.63, 3.8) is 0 Å². The summed E-state index contributed by atoms with van der Waals surface area (Å²) in [5.41, 5.74) is -3.83. The van der Waals surface area contributed by atoms with Crippen LogP contribution in [0.2, 0.25) is 0 Å². The van der Waals surface area contributed by atoms with Crippen molar-refractivity contribution < 1.29 is 41.3 Å². The topological polar surface area (TPSA) is 144 Å². The van der Waals surface area contributed by atoms with Crippen LogP contribution in [0, 0.1) is 22.7 Å². The average molecular weight is 497 g/mol. The van der Waals surface area contributed by atoms with Gasteiger partial charge >= 0.3 is 6.18 Å². The first-order valence-electron chi connectivity index (χ1n) is 9.59. The zero-order chi connectivity index (χ0) is 25.3. The molecule has 0 spiro atoms. The van der Waals surface area contributed by atoms with Gasteiger partial charge in [-0.15, -0.1) is 0 Å². The molecule has 9 nitrogen and oxygen atoms in total. The minimum Gasteiger partial charge on any atom is -0.493 e. The molecular weight excluding hydrogens is 479 g/mol. The molecule has 1 fully saturated rings. The number of halogens is 3. The second kappa shape index (κ2) is 9.12. The van der Waals surface area contributed by atoms with Crippen LogP contribution in [0.4, 0.5) is 13.2 Å². The van der Waals surface area contributed by atoms with Crippen molar-refractivity contribution in [1.82, 2.24) is 4.31 Å². The second-order valence-electron chi connectivity index (χ2n) is 7.46. The maximum atomic E-state index is 13.2. The normalized spacial score (nSPS) is 21.0. The van der Waals surface area contributed by atoms with Gasteiger partial charge in [-0.05, 0) is 30.3 Å². The third-order valence-electron chi connectivity index (χ3n) is 5.30. The van der Waals surface area contributed by atoms with Gasteiger partial charge in [0.2, 0.25) is 10.0 Å². The van der Waals surface area contributed by atoms with E-state index < -0.39 is 63.6 Å². The van der Waals surface area contributed by atoms with Crippen LogP contribution in [-0.2, 0) is 16.2 Å². The summed E-state index contributed by atoms with van der Waals surface area (Å²) in [6, 6.07) is 9.16. The molecule has 2 aromatic rings. The van der Waals surface area contributed by atoms with Crippen molar-refractivity contribution in [2.24, 2.45) is 0 Å². The lowest BCUT2D eigenvalue weighted by Crippen LogP contribution is -2.48. The lowest BCUT2D eigenvalue weighted by atomic mass is 10.0. The van der Waals surface area contributed by atoms with E-state index in [1.54, 1.807) is 0 Å². The molecule has 180 valence electrons. The summed E-state index contributed by atoms with van der Waals surface area (Å²) in [4.78, 5) is -0.687. The van der Waals surface area contributed by atoms with E-state index in [-0.39, 0.29) is 17.1 Å². The van der Waals surface area contributed by atoms with Crippen LogP contribution in [0.1, 0.15) is 16.7 Å². The van der Waals surface area contributed by atoms with Gasteiger partial charge in [0, 0.05) is 12.6 Å². The molecule has 0 amide bonds. The molecule has 2 N–H and O–H groups in total. The van der Waals surface area contributed by atoms with E-state index in [1.807, 2.05) is 6.07 Å². The number of nitrogens with zero attached hydrogens (tertiary/aromatic N) is 3. The first kappa shape index (κ1) is 25.3. The van der Waals surface area contributed by atoms with Crippen LogP contribution < -0.4 is 9.47 Å². The third-order valence-corrected chi connectivity index (χ3v) is 7.17. The van der Waals surface area contributed by atoms with Crippen LogP contribution in [0.3, 0.4) is 0 Å². The molecule has 13 heteroatoms. The molecule has 34 heavy (non-hydrogen) atoms. The fourth-order valence-electron chi connectivity index (χ4n) is 3.46. The van der Waals surface area contributed by atoms with Crippen LogP contribution in [-0.4, -0.2) is 61.4 Å². The van der Waals surface area contributed by atoms with Gasteiger partial charge in [-0.3, -0.25) is 0 Å². The minimum absolute atomic E-state index is 0.00455. The predicted molar refractivity (Wildman–Crippen MR) is 109 cm³/mol. The molecular formula is C21H18F3N3O6S. The summed E-state index contributed by atoms with van der Waals surface area (Å²) < 4.78 is 76.9. The highest BCUT2D eigenvalue weighted by Gasteiger charge is 2.51. The van der Waals surface area contributed by atoms with Gasteiger partial charge in [-0.25, -0.2) is 8.42 Å². The Labute approximate surface area is 192 Å². The van der Waals surface area contributed by atoms with E-state index >= 15 is 0 Å². The fraction of sp³-hybridized carbons (Fsp3) is 0.333. The number of hydrogen-bond donors (Lipinski definition) is 2. The molecule has 0 bridgehead atoms. The number of hydrogen-bond acceptors (Lipinski definition) is 8. The molecule has 3 rings (SSSR count). The lowest BCUT2D eigenvalue weighted by Gasteiger charge is -2.27. The smallest absolute Gasteiger partial charge is 0.416 e. The van der Waals surface area contributed by atoms with Crippen molar-refractivity contribution in [3.8, 4) is 23.6 Å². The molecule has 1 unspecified atom stereocenters. The largest absolute Gasteiger partial charge is 0.493 e. The number of rotatable bonds is 6. The SMILES string of the molecule is COc1ccc(C#N)cc1OC1CN(S(=O)(=O)c2ccc(C(F)(F)F)cc2C#N)C[C@@]1(O)CO. The third kappa shape index (κ3) is 4.64. The van der Waals surface area contributed by atoms with Gasteiger partial charge in [0.25, 0.3) is 0 Å². The summed E-state index contributed by atoms with van der Waals surface area (Å²) in [5.74, 6) is 0.181. The standard InChI is InChI=1S/C21H18F3N3O6S/c1-32-16-4-2-13(8-25)6-17(16)33-19-10-27(11-20(19,29)12-28)34(30,31)18-5-3-15(21(22,23)24)7-14(18)9-26/h2-7,19,28-29H,10-12H2,1H3/t19?,20-/m1/s1. The average Bonchev–Trinajstić information content (AvgIpc) is 3.15. The summed E-state index contributed by atoms with van der Waals surface area (Å²) in [7, 11) is -3.24. The van der Waals surface area contributed by atoms with E-state index in [0.29, 0.717) is 22.5 Å². The molecule has 0 aliphatic carbocycles. The molecule has 0 saturated carbocycles. The van der Waals surface area contributed by atoms with Crippen molar-refractivity contribution in [2.75, 3.05) is 26.8 Å². The Hall–Kier alpha value is -3.36. The molecule has 0 aromatic heterocycles. The second-order valence-corrected chi connectivity index (χ2v) is 9.37. The van der Waals surface area contributed by atoms with E-state index in [4.69, 9.17) is 14.7 Å². The van der Waals surface area contributed by atoms with Crippen molar-refractivity contribution >= 4 is 10.0 Å². The zero-order valence-corrected chi connectivity index (χ0v) is 18.4. The number of aliphatic hydroxyl groups is 2. The summed E-state index contributed by atoms with van der Waals surface area (Å²) in [6.07, 6.45) is -6.12. The molecule has 2 atom stereocenters. The van der Waals surface area contributed by atoms with E-state index in [9.17, 15) is 37.1 Å². The number of methoxy groups -OCH3 is 1. The number of nitriles is 2. The molecule has 2 aromatic carbocycles. The number of sulfonamides is 1. The van der Waals surface area contributed by atoms with Crippen molar-refractivity contribution in [1.29, 1.82) is 10.5 Å². The number of benzene rings is 2. The van der Waals surface area contributed by atoms with Gasteiger partial charge in [0.15, 0.2) is 11.5 Å². The number of β-amino-alcohol motifs (C(OH)–C–C–N with tert-alkyl or cyclic N) is 1. The van der Waals surface area contributed by atoms with Crippen LogP contribution >= 0.6 is 0 Å². The van der Waals surface area contributed by atoms with Crippen molar-refractivity contribution in [2.45, 2.75) is 22.8 Å². The van der Waals surface area contributed by atoms with Gasteiger partial charge in [0.1, 0.15) is 17.8 Å².